The van der Waals surface area contributed by atoms with Crippen molar-refractivity contribution in [3.63, 3.8) is 0 Å². The topological polar surface area (TPSA) is 66.8 Å². The molecule has 5 nitrogen and oxygen atoms in total. The van der Waals surface area contributed by atoms with Crippen LogP contribution in [-0.4, -0.2) is 41.6 Å². The molecule has 2 rings (SSSR count). The molecule has 1 heterocycles. The van der Waals surface area contributed by atoms with Gasteiger partial charge < -0.3 is 14.7 Å². The predicted octanol–water partition coefficient (Wildman–Crippen LogP) is 3.01. The molecule has 0 bridgehead atoms. The SMILES string of the molecule is CCOC(=O)C(CC(=O)N1CC(C)CC(C)C1)Cc1ccc(O)cc1. The van der Waals surface area contributed by atoms with Crippen LogP contribution in [0, 0.1) is 17.8 Å². The van der Waals surface area contributed by atoms with Crippen molar-refractivity contribution in [2.45, 2.75) is 40.0 Å². The number of phenols is 1. The minimum atomic E-state index is -0.496. The third-order valence-electron chi connectivity index (χ3n) is 4.68. The molecule has 1 saturated heterocycles. The fraction of sp³-hybridized carbons (Fsp3) is 0.600. The number of aromatic hydroxyl groups is 1. The number of likely N-dealkylation sites (tertiary alicyclic amines) is 1. The van der Waals surface area contributed by atoms with Gasteiger partial charge in [0.15, 0.2) is 0 Å². The van der Waals surface area contributed by atoms with Crippen molar-refractivity contribution in [1.82, 2.24) is 4.90 Å². The molecular weight excluding hydrogens is 318 g/mol. The van der Waals surface area contributed by atoms with Crippen molar-refractivity contribution in [1.29, 1.82) is 0 Å². The van der Waals surface area contributed by atoms with Crippen molar-refractivity contribution >= 4 is 11.9 Å². The van der Waals surface area contributed by atoms with Crippen molar-refractivity contribution in [2.75, 3.05) is 19.7 Å². The Bertz CT molecular complexity index is 574. The van der Waals surface area contributed by atoms with Crippen LogP contribution >= 0.6 is 0 Å². The number of hydrogen-bond donors (Lipinski definition) is 1. The van der Waals surface area contributed by atoms with E-state index in [1.807, 2.05) is 4.90 Å². The Hall–Kier alpha value is -2.04. The quantitative estimate of drug-likeness (QED) is 0.803. The van der Waals surface area contributed by atoms with Gasteiger partial charge in [0.2, 0.25) is 5.91 Å². The van der Waals surface area contributed by atoms with Crippen LogP contribution in [0.3, 0.4) is 0 Å². The van der Waals surface area contributed by atoms with E-state index in [2.05, 4.69) is 13.8 Å². The Morgan fingerprint density at radius 1 is 1.20 bits per heavy atom. The van der Waals surface area contributed by atoms with E-state index in [1.165, 1.54) is 0 Å². The summed E-state index contributed by atoms with van der Waals surface area (Å²) in [5.41, 5.74) is 0.907. The van der Waals surface area contributed by atoms with Gasteiger partial charge in [0, 0.05) is 19.5 Å². The van der Waals surface area contributed by atoms with Crippen molar-refractivity contribution in [2.24, 2.45) is 17.8 Å². The Morgan fingerprint density at radius 2 is 1.80 bits per heavy atom. The highest BCUT2D eigenvalue weighted by atomic mass is 16.5. The molecule has 0 aromatic heterocycles. The van der Waals surface area contributed by atoms with Gasteiger partial charge in [-0.25, -0.2) is 0 Å². The van der Waals surface area contributed by atoms with E-state index >= 15 is 0 Å². The fourth-order valence-electron chi connectivity index (χ4n) is 3.62. The molecule has 0 radical (unpaired) electrons. The lowest BCUT2D eigenvalue weighted by Gasteiger charge is -2.35. The highest BCUT2D eigenvalue weighted by molar-refractivity contribution is 5.83. The van der Waals surface area contributed by atoms with Crippen LogP contribution in [0.2, 0.25) is 0 Å². The normalized spacial score (nSPS) is 21.6. The first-order valence-corrected chi connectivity index (χ1v) is 9.11. The van der Waals surface area contributed by atoms with Gasteiger partial charge in [0.25, 0.3) is 0 Å². The van der Waals surface area contributed by atoms with Gasteiger partial charge in [0.05, 0.1) is 12.5 Å². The second kappa shape index (κ2) is 8.88. The van der Waals surface area contributed by atoms with Crippen LogP contribution in [0.25, 0.3) is 0 Å². The largest absolute Gasteiger partial charge is 0.508 e. The molecule has 0 saturated carbocycles. The average molecular weight is 347 g/mol. The zero-order chi connectivity index (χ0) is 18.4. The summed E-state index contributed by atoms with van der Waals surface area (Å²) in [6, 6.07) is 6.73. The van der Waals surface area contributed by atoms with E-state index in [-0.39, 0.29) is 24.0 Å². The van der Waals surface area contributed by atoms with Crippen LogP contribution in [0.15, 0.2) is 24.3 Å². The Labute approximate surface area is 150 Å². The van der Waals surface area contributed by atoms with E-state index in [4.69, 9.17) is 4.74 Å². The standard InChI is InChI=1S/C20H29NO4/c1-4-25-20(24)17(10-16-5-7-18(22)8-6-16)11-19(23)21-12-14(2)9-15(3)13-21/h5-8,14-15,17,22H,4,9-13H2,1-3H3. The van der Waals surface area contributed by atoms with Gasteiger partial charge in [-0.05, 0) is 49.3 Å². The maximum absolute atomic E-state index is 12.7. The fourth-order valence-corrected chi connectivity index (χ4v) is 3.62. The zero-order valence-electron chi connectivity index (χ0n) is 15.4. The van der Waals surface area contributed by atoms with Crippen LogP contribution in [0.4, 0.5) is 0 Å². The molecule has 1 aliphatic heterocycles. The predicted molar refractivity (Wildman–Crippen MR) is 96.1 cm³/mol. The molecule has 138 valence electrons. The number of esters is 1. The van der Waals surface area contributed by atoms with Crippen LogP contribution in [-0.2, 0) is 20.7 Å². The van der Waals surface area contributed by atoms with Gasteiger partial charge in [-0.2, -0.15) is 0 Å². The molecule has 1 aromatic rings. The van der Waals surface area contributed by atoms with Crippen molar-refractivity contribution in [3.05, 3.63) is 29.8 Å². The molecule has 1 amide bonds. The van der Waals surface area contributed by atoms with E-state index in [9.17, 15) is 14.7 Å². The Morgan fingerprint density at radius 3 is 2.36 bits per heavy atom. The zero-order valence-corrected chi connectivity index (χ0v) is 15.4. The number of ether oxygens (including phenoxy) is 1. The summed E-state index contributed by atoms with van der Waals surface area (Å²) < 4.78 is 5.17. The molecule has 0 spiro atoms. The summed E-state index contributed by atoms with van der Waals surface area (Å²) >= 11 is 0. The Kier molecular flexibility index (Phi) is 6.85. The minimum Gasteiger partial charge on any atom is -0.508 e. The molecule has 3 unspecified atom stereocenters. The maximum Gasteiger partial charge on any atom is 0.309 e. The van der Waals surface area contributed by atoms with Gasteiger partial charge >= 0.3 is 5.97 Å². The van der Waals surface area contributed by atoms with E-state index in [1.54, 1.807) is 31.2 Å². The number of amides is 1. The maximum atomic E-state index is 12.7. The number of phenolic OH excluding ortho intramolecular Hbond substituents is 1. The number of benzene rings is 1. The highest BCUT2D eigenvalue weighted by Gasteiger charge is 2.30. The smallest absolute Gasteiger partial charge is 0.309 e. The summed E-state index contributed by atoms with van der Waals surface area (Å²) in [7, 11) is 0. The number of piperidine rings is 1. The first-order chi connectivity index (χ1) is 11.9. The number of nitrogens with zero attached hydrogens (tertiary/aromatic N) is 1. The summed E-state index contributed by atoms with van der Waals surface area (Å²) in [6.07, 6.45) is 1.74. The molecule has 0 aliphatic carbocycles. The molecule has 3 atom stereocenters. The number of hydrogen-bond acceptors (Lipinski definition) is 4. The molecule has 25 heavy (non-hydrogen) atoms. The summed E-state index contributed by atoms with van der Waals surface area (Å²) in [6.45, 7) is 7.92. The molecule has 1 fully saturated rings. The second-order valence-electron chi connectivity index (χ2n) is 7.27. The lowest BCUT2D eigenvalue weighted by atomic mass is 9.90. The number of carbonyl (C=O) groups is 2. The van der Waals surface area contributed by atoms with E-state index < -0.39 is 5.92 Å². The Balaban J connectivity index is 2.05. The van der Waals surface area contributed by atoms with Gasteiger partial charge in [-0.1, -0.05) is 26.0 Å². The average Bonchev–Trinajstić information content (AvgIpc) is 2.55. The summed E-state index contributed by atoms with van der Waals surface area (Å²) in [5.74, 6) is 0.363. The molecule has 1 N–H and O–H groups in total. The van der Waals surface area contributed by atoms with Crippen LogP contribution < -0.4 is 0 Å². The van der Waals surface area contributed by atoms with E-state index in [0.29, 0.717) is 24.9 Å². The summed E-state index contributed by atoms with van der Waals surface area (Å²) in [4.78, 5) is 26.9. The second-order valence-corrected chi connectivity index (χ2v) is 7.27. The van der Waals surface area contributed by atoms with Gasteiger partial charge in [0.1, 0.15) is 5.75 Å². The van der Waals surface area contributed by atoms with Crippen LogP contribution in [0.1, 0.15) is 39.2 Å². The van der Waals surface area contributed by atoms with Crippen LogP contribution in [0.5, 0.6) is 5.75 Å². The van der Waals surface area contributed by atoms with Gasteiger partial charge in [-0.3, -0.25) is 9.59 Å². The van der Waals surface area contributed by atoms with Crippen molar-refractivity contribution in [3.8, 4) is 5.75 Å². The number of carbonyl (C=O) groups excluding carboxylic acids is 2. The first kappa shape index (κ1) is 19.3. The van der Waals surface area contributed by atoms with E-state index in [0.717, 1.165) is 25.1 Å². The monoisotopic (exact) mass is 347 g/mol. The molecular formula is C20H29NO4. The minimum absolute atomic E-state index is 0.0234. The lowest BCUT2D eigenvalue weighted by molar-refractivity contribution is -0.151. The highest BCUT2D eigenvalue weighted by Crippen LogP contribution is 2.24. The third kappa shape index (κ3) is 5.76. The van der Waals surface area contributed by atoms with Gasteiger partial charge in [-0.15, -0.1) is 0 Å². The van der Waals surface area contributed by atoms with Crippen molar-refractivity contribution < 1.29 is 19.4 Å². The molecule has 5 heteroatoms. The number of rotatable bonds is 6. The molecule has 1 aromatic carbocycles. The first-order valence-electron chi connectivity index (χ1n) is 9.11. The lowest BCUT2D eigenvalue weighted by Crippen LogP contribution is -2.43. The molecule has 1 aliphatic rings. The third-order valence-corrected chi connectivity index (χ3v) is 4.68. The summed E-state index contributed by atoms with van der Waals surface area (Å²) in [5, 5.41) is 9.40.